The number of hydrogen-bond acceptors (Lipinski definition) is 15. The summed E-state index contributed by atoms with van der Waals surface area (Å²) in [5.74, 6) is -0.597. The fourth-order valence-electron chi connectivity index (χ4n) is 5.19. The van der Waals surface area contributed by atoms with Gasteiger partial charge in [-0.05, 0) is 51.9 Å². The molecule has 2 fully saturated rings. The summed E-state index contributed by atoms with van der Waals surface area (Å²) >= 11 is 0. The van der Waals surface area contributed by atoms with Crippen molar-refractivity contribution in [2.45, 2.75) is 139 Å². The first-order chi connectivity index (χ1) is 22.4. The highest BCUT2D eigenvalue weighted by Crippen LogP contribution is 2.23. The molecule has 10 unspecified atom stereocenters. The molecule has 10 N–H and O–H groups in total. The fourth-order valence-corrected chi connectivity index (χ4v) is 5.19. The molecule has 47 heavy (non-hydrogen) atoms. The van der Waals surface area contributed by atoms with Gasteiger partial charge in [-0.1, -0.05) is 6.42 Å². The Morgan fingerprint density at radius 1 is 0.638 bits per heavy atom. The van der Waals surface area contributed by atoms with Crippen LogP contribution >= 0.6 is 0 Å². The zero-order valence-electron chi connectivity index (χ0n) is 26.9. The molecule has 0 bridgehead atoms. The summed E-state index contributed by atoms with van der Waals surface area (Å²) in [6, 6.07) is -0.645. The average Bonchev–Trinajstić information content (AvgIpc) is 3.05. The van der Waals surface area contributed by atoms with E-state index in [-0.39, 0.29) is 37.2 Å². The second-order valence-corrected chi connectivity index (χ2v) is 12.0. The molecular weight excluding hydrogens is 628 g/mol. The summed E-state index contributed by atoms with van der Waals surface area (Å²) in [6.45, 7) is 1.02. The van der Waals surface area contributed by atoms with Crippen LogP contribution in [0, 0.1) is 0 Å². The number of Topliss-reactive ketones (excluding diaryl/α,β-unsaturated/α-hetero) is 1. The predicted molar refractivity (Wildman–Crippen MR) is 161 cm³/mol. The molecule has 2 aliphatic heterocycles. The molecule has 2 saturated heterocycles. The lowest BCUT2D eigenvalue weighted by Crippen LogP contribution is -2.59. The zero-order chi connectivity index (χ0) is 34.9. The van der Waals surface area contributed by atoms with Crippen LogP contribution in [0.4, 0.5) is 0 Å². The molecule has 274 valence electrons. The third kappa shape index (κ3) is 13.9. The van der Waals surface area contributed by atoms with E-state index in [9.17, 15) is 55.2 Å². The number of aliphatic hydroxyl groups is 8. The highest BCUT2D eigenvalue weighted by Gasteiger charge is 2.45. The Morgan fingerprint density at radius 2 is 1.13 bits per heavy atom. The molecule has 0 aromatic rings. The van der Waals surface area contributed by atoms with Crippen molar-refractivity contribution < 1.29 is 74.2 Å². The van der Waals surface area contributed by atoms with Gasteiger partial charge >= 0.3 is 0 Å². The Morgan fingerprint density at radius 3 is 1.64 bits per heavy atom. The predicted octanol–water partition coefficient (Wildman–Crippen LogP) is -3.29. The lowest BCUT2D eigenvalue weighted by atomic mass is 9.99. The van der Waals surface area contributed by atoms with Crippen LogP contribution in [0.3, 0.4) is 0 Å². The van der Waals surface area contributed by atoms with Crippen LogP contribution in [-0.2, 0) is 33.3 Å². The smallest absolute Gasteiger partial charge is 0.220 e. The minimum atomic E-state index is -1.53. The molecule has 2 aliphatic rings. The Hall–Kier alpha value is -1.87. The first-order valence-corrected chi connectivity index (χ1v) is 16.3. The molecule has 17 heteroatoms. The fraction of sp³-hybridized carbons (Fsp3) is 0.900. The molecule has 2 rings (SSSR count). The summed E-state index contributed by atoms with van der Waals surface area (Å²) in [6.07, 6.45) is -8.63. The number of ketones is 1. The molecular formula is C30H54N2O15. The van der Waals surface area contributed by atoms with Gasteiger partial charge < -0.3 is 70.4 Å². The van der Waals surface area contributed by atoms with E-state index < -0.39 is 80.7 Å². The SMILES string of the molecule is CC(=O)[C@@H](CCCCNC(=O)CCCCCOC1OC(CO)C(O)C(O)C1O)NC(=O)CCCCOC1OC(CO)C(O)C(O)C1O. The van der Waals surface area contributed by atoms with Crippen molar-refractivity contribution in [3.63, 3.8) is 0 Å². The molecule has 0 aromatic heterocycles. The quantitative estimate of drug-likeness (QED) is 0.0501. The van der Waals surface area contributed by atoms with Gasteiger partial charge in [0.05, 0.1) is 19.3 Å². The van der Waals surface area contributed by atoms with Crippen molar-refractivity contribution in [3.8, 4) is 0 Å². The normalized spacial score (nSPS) is 31.7. The van der Waals surface area contributed by atoms with Gasteiger partial charge in [-0.25, -0.2) is 0 Å². The summed E-state index contributed by atoms with van der Waals surface area (Å²) in [4.78, 5) is 36.5. The zero-order valence-corrected chi connectivity index (χ0v) is 26.9. The number of nitrogens with one attached hydrogen (secondary N) is 2. The van der Waals surface area contributed by atoms with Crippen molar-refractivity contribution in [2.75, 3.05) is 33.0 Å². The van der Waals surface area contributed by atoms with Gasteiger partial charge in [-0.2, -0.15) is 0 Å². The molecule has 0 aromatic carbocycles. The van der Waals surface area contributed by atoms with E-state index in [0.717, 1.165) is 0 Å². The molecule has 11 atom stereocenters. The average molecular weight is 683 g/mol. The van der Waals surface area contributed by atoms with Crippen molar-refractivity contribution in [3.05, 3.63) is 0 Å². The van der Waals surface area contributed by atoms with Gasteiger partial charge in [0.2, 0.25) is 11.8 Å². The summed E-state index contributed by atoms with van der Waals surface area (Å²) < 4.78 is 21.4. The van der Waals surface area contributed by atoms with E-state index in [0.29, 0.717) is 64.3 Å². The molecule has 0 aliphatic carbocycles. The number of rotatable bonds is 22. The van der Waals surface area contributed by atoms with Gasteiger partial charge in [0, 0.05) is 32.6 Å². The summed E-state index contributed by atoms with van der Waals surface area (Å²) in [7, 11) is 0. The van der Waals surface area contributed by atoms with Crippen LogP contribution in [0.2, 0.25) is 0 Å². The molecule has 17 nitrogen and oxygen atoms in total. The van der Waals surface area contributed by atoms with Gasteiger partial charge in [-0.15, -0.1) is 0 Å². The molecule has 0 radical (unpaired) electrons. The van der Waals surface area contributed by atoms with E-state index in [1.165, 1.54) is 6.92 Å². The maximum atomic E-state index is 12.4. The van der Waals surface area contributed by atoms with Crippen molar-refractivity contribution in [1.82, 2.24) is 10.6 Å². The van der Waals surface area contributed by atoms with E-state index >= 15 is 0 Å². The van der Waals surface area contributed by atoms with Gasteiger partial charge in [0.1, 0.15) is 48.8 Å². The maximum Gasteiger partial charge on any atom is 0.220 e. The Kier molecular flexibility index (Phi) is 19.3. The van der Waals surface area contributed by atoms with Crippen LogP contribution in [0.15, 0.2) is 0 Å². The number of ether oxygens (including phenoxy) is 4. The lowest BCUT2D eigenvalue weighted by Gasteiger charge is -2.39. The highest BCUT2D eigenvalue weighted by molar-refractivity contribution is 5.87. The third-order valence-electron chi connectivity index (χ3n) is 8.18. The van der Waals surface area contributed by atoms with Crippen molar-refractivity contribution in [2.24, 2.45) is 0 Å². The standard InChI is InChI=1S/C30H54N2O15/c1-17(35)18(32-22(37)11-5-8-14-45-30-28(43)26(41)24(39)20(16-34)47-30)9-4-6-12-31-21(36)10-3-2-7-13-44-29-27(42)25(40)23(38)19(15-33)46-29/h18-20,23-30,33-34,38-43H,2-16H2,1H3,(H,31,36)(H,32,37)/t18-,19?,20?,23?,24?,25?,26?,27?,28?,29?,30?/m1/s1. The van der Waals surface area contributed by atoms with E-state index in [2.05, 4.69) is 10.6 Å². The van der Waals surface area contributed by atoms with Crippen LogP contribution < -0.4 is 10.6 Å². The van der Waals surface area contributed by atoms with E-state index in [1.54, 1.807) is 0 Å². The molecule has 0 saturated carbocycles. The maximum absolute atomic E-state index is 12.4. The second kappa shape index (κ2) is 22.0. The molecule has 0 spiro atoms. The summed E-state index contributed by atoms with van der Waals surface area (Å²) in [5, 5.41) is 83.1. The van der Waals surface area contributed by atoms with Gasteiger partial charge in [0.15, 0.2) is 18.4 Å². The third-order valence-corrected chi connectivity index (χ3v) is 8.18. The number of unbranched alkanes of at least 4 members (excludes halogenated alkanes) is 4. The van der Waals surface area contributed by atoms with Crippen molar-refractivity contribution in [1.29, 1.82) is 0 Å². The molecule has 2 heterocycles. The first-order valence-electron chi connectivity index (χ1n) is 16.3. The summed E-state index contributed by atoms with van der Waals surface area (Å²) in [5.41, 5.74) is 0. The van der Waals surface area contributed by atoms with Crippen molar-refractivity contribution >= 4 is 17.6 Å². The first kappa shape index (κ1) is 41.3. The van der Waals surface area contributed by atoms with Gasteiger partial charge in [-0.3, -0.25) is 14.4 Å². The topological polar surface area (TPSA) is 274 Å². The number of carbonyl (C=O) groups is 3. The number of aliphatic hydroxyl groups excluding tert-OH is 8. The van der Waals surface area contributed by atoms with Crippen LogP contribution in [-0.4, -0.2) is 159 Å². The number of amides is 2. The monoisotopic (exact) mass is 682 g/mol. The van der Waals surface area contributed by atoms with E-state index in [1.807, 2.05) is 0 Å². The minimum absolute atomic E-state index is 0.0950. The van der Waals surface area contributed by atoms with Crippen LogP contribution in [0.1, 0.15) is 71.1 Å². The molecule has 2 amide bonds. The second-order valence-electron chi connectivity index (χ2n) is 12.0. The Labute approximate surface area is 274 Å². The van der Waals surface area contributed by atoms with Crippen LogP contribution in [0.25, 0.3) is 0 Å². The number of hydrogen-bond donors (Lipinski definition) is 10. The largest absolute Gasteiger partial charge is 0.394 e. The Bertz CT molecular complexity index is 926. The Balaban J connectivity index is 1.50. The van der Waals surface area contributed by atoms with E-state index in [4.69, 9.17) is 18.9 Å². The highest BCUT2D eigenvalue weighted by atomic mass is 16.7. The lowest BCUT2D eigenvalue weighted by molar-refractivity contribution is -0.301. The van der Waals surface area contributed by atoms with Gasteiger partial charge in [0.25, 0.3) is 0 Å². The minimum Gasteiger partial charge on any atom is -0.394 e. The van der Waals surface area contributed by atoms with Crippen LogP contribution in [0.5, 0.6) is 0 Å². The number of carbonyl (C=O) groups excluding carboxylic acids is 3.